The van der Waals surface area contributed by atoms with Gasteiger partial charge in [-0.25, -0.2) is 4.90 Å². The second kappa shape index (κ2) is 6.22. The van der Waals surface area contributed by atoms with Crippen LogP contribution in [0.25, 0.3) is 6.08 Å². The highest BCUT2D eigenvalue weighted by Gasteiger charge is 2.35. The zero-order chi connectivity index (χ0) is 18.3. The lowest BCUT2D eigenvalue weighted by Gasteiger charge is -2.14. The molecule has 132 valence electrons. The fourth-order valence-electron chi connectivity index (χ4n) is 3.07. The van der Waals surface area contributed by atoms with Gasteiger partial charge in [0.25, 0.3) is 5.91 Å². The van der Waals surface area contributed by atoms with Crippen molar-refractivity contribution in [2.75, 3.05) is 30.7 Å². The van der Waals surface area contributed by atoms with Crippen molar-refractivity contribution in [3.63, 3.8) is 0 Å². The van der Waals surface area contributed by atoms with Crippen molar-refractivity contribution in [1.82, 2.24) is 0 Å². The number of hydrogen-bond acceptors (Lipinski definition) is 5. The van der Waals surface area contributed by atoms with Gasteiger partial charge >= 0.3 is 0 Å². The molecule has 0 unspecified atom stereocenters. The predicted molar refractivity (Wildman–Crippen MR) is 98.4 cm³/mol. The molecule has 1 saturated heterocycles. The van der Waals surface area contributed by atoms with Gasteiger partial charge in [-0.05, 0) is 35.9 Å². The fourth-order valence-corrected chi connectivity index (χ4v) is 3.07. The van der Waals surface area contributed by atoms with Crippen molar-refractivity contribution in [1.29, 1.82) is 0 Å². The number of carbonyl (C=O) groups is 2. The molecule has 0 spiro atoms. The molecule has 0 N–H and O–H groups in total. The Morgan fingerprint density at radius 2 is 1.85 bits per heavy atom. The Hall–Kier alpha value is -3.28. The van der Waals surface area contributed by atoms with Crippen molar-refractivity contribution in [3.8, 4) is 11.5 Å². The minimum absolute atomic E-state index is 0.0828. The molecular formula is C20H18N2O4. The van der Waals surface area contributed by atoms with Gasteiger partial charge in [0.15, 0.2) is 11.5 Å². The first-order valence-corrected chi connectivity index (χ1v) is 8.28. The maximum atomic E-state index is 12.8. The Bertz CT molecular complexity index is 933. The van der Waals surface area contributed by atoms with Gasteiger partial charge in [-0.2, -0.15) is 0 Å². The molecule has 26 heavy (non-hydrogen) atoms. The molecule has 2 aromatic rings. The fraction of sp³-hybridized carbons (Fsp3) is 0.200. The summed E-state index contributed by atoms with van der Waals surface area (Å²) in [5.74, 6) is 0.608. The SMILES string of the molecule is CN(C)c1cccc(/C=C2\CC(=O)N(c3ccc4c(c3)OCO4)C2=O)c1. The zero-order valence-corrected chi connectivity index (χ0v) is 14.6. The van der Waals surface area contributed by atoms with Crippen LogP contribution in [0, 0.1) is 0 Å². The summed E-state index contributed by atoms with van der Waals surface area (Å²) in [7, 11) is 3.91. The van der Waals surface area contributed by atoms with Crippen LogP contribution < -0.4 is 19.3 Å². The third-order valence-corrected chi connectivity index (χ3v) is 4.41. The second-order valence-electron chi connectivity index (χ2n) is 6.41. The average Bonchev–Trinajstić information content (AvgIpc) is 3.19. The summed E-state index contributed by atoms with van der Waals surface area (Å²) in [5.41, 5.74) is 2.89. The smallest absolute Gasteiger partial charge is 0.261 e. The van der Waals surface area contributed by atoms with Gasteiger partial charge in [0.1, 0.15) is 0 Å². The molecule has 0 bridgehead atoms. The van der Waals surface area contributed by atoms with E-state index >= 15 is 0 Å². The number of benzene rings is 2. The third-order valence-electron chi connectivity index (χ3n) is 4.41. The number of imide groups is 1. The van der Waals surface area contributed by atoms with Crippen LogP contribution in [0.3, 0.4) is 0 Å². The lowest BCUT2D eigenvalue weighted by molar-refractivity contribution is -0.120. The Kier molecular flexibility index (Phi) is 3.88. The van der Waals surface area contributed by atoms with Crippen LogP contribution in [0.4, 0.5) is 11.4 Å². The predicted octanol–water partition coefficient (Wildman–Crippen LogP) is 2.83. The van der Waals surface area contributed by atoms with Crippen molar-refractivity contribution in [2.24, 2.45) is 0 Å². The monoisotopic (exact) mass is 350 g/mol. The molecule has 4 rings (SSSR count). The molecule has 0 atom stereocenters. The number of hydrogen-bond donors (Lipinski definition) is 0. The van der Waals surface area contributed by atoms with Crippen LogP contribution in [-0.2, 0) is 9.59 Å². The molecule has 0 saturated carbocycles. The topological polar surface area (TPSA) is 59.1 Å². The quantitative estimate of drug-likeness (QED) is 0.629. The first kappa shape index (κ1) is 16.2. The van der Waals surface area contributed by atoms with E-state index in [-0.39, 0.29) is 25.0 Å². The summed E-state index contributed by atoms with van der Waals surface area (Å²) >= 11 is 0. The van der Waals surface area contributed by atoms with Crippen molar-refractivity contribution in [3.05, 3.63) is 53.6 Å². The van der Waals surface area contributed by atoms with Gasteiger partial charge in [0.05, 0.1) is 12.1 Å². The van der Waals surface area contributed by atoms with Crippen LogP contribution in [0.2, 0.25) is 0 Å². The maximum Gasteiger partial charge on any atom is 0.261 e. The van der Waals surface area contributed by atoms with E-state index in [2.05, 4.69) is 0 Å². The maximum absolute atomic E-state index is 12.8. The first-order valence-electron chi connectivity index (χ1n) is 8.28. The van der Waals surface area contributed by atoms with Gasteiger partial charge in [0, 0.05) is 31.4 Å². The molecule has 6 nitrogen and oxygen atoms in total. The highest BCUT2D eigenvalue weighted by atomic mass is 16.7. The summed E-state index contributed by atoms with van der Waals surface area (Å²) < 4.78 is 10.6. The highest BCUT2D eigenvalue weighted by molar-refractivity contribution is 6.29. The largest absolute Gasteiger partial charge is 0.454 e. The average molecular weight is 350 g/mol. The van der Waals surface area contributed by atoms with E-state index in [1.54, 1.807) is 24.3 Å². The van der Waals surface area contributed by atoms with Gasteiger partial charge in [-0.3, -0.25) is 9.59 Å². The van der Waals surface area contributed by atoms with Crippen LogP contribution in [0.5, 0.6) is 11.5 Å². The van der Waals surface area contributed by atoms with E-state index in [0.717, 1.165) is 11.3 Å². The Morgan fingerprint density at radius 3 is 2.65 bits per heavy atom. The lowest BCUT2D eigenvalue weighted by Crippen LogP contribution is -2.28. The van der Waals surface area contributed by atoms with Crippen molar-refractivity contribution >= 4 is 29.3 Å². The summed E-state index contributed by atoms with van der Waals surface area (Å²) in [6.07, 6.45) is 1.86. The summed E-state index contributed by atoms with van der Waals surface area (Å²) in [6, 6.07) is 12.9. The van der Waals surface area contributed by atoms with E-state index in [1.807, 2.05) is 43.3 Å². The summed E-state index contributed by atoms with van der Waals surface area (Å²) in [6.45, 7) is 0.147. The van der Waals surface area contributed by atoms with Crippen molar-refractivity contribution < 1.29 is 19.1 Å². The highest BCUT2D eigenvalue weighted by Crippen LogP contribution is 2.37. The molecule has 0 aliphatic carbocycles. The third kappa shape index (κ3) is 2.79. The van der Waals surface area contributed by atoms with Gasteiger partial charge < -0.3 is 14.4 Å². The van der Waals surface area contributed by atoms with Crippen LogP contribution in [-0.4, -0.2) is 32.7 Å². The molecule has 2 aromatic carbocycles. The van der Waals surface area contributed by atoms with E-state index in [4.69, 9.17) is 9.47 Å². The van der Waals surface area contributed by atoms with Gasteiger partial charge in [0.2, 0.25) is 12.7 Å². The summed E-state index contributed by atoms with van der Waals surface area (Å²) in [5, 5.41) is 0. The number of ether oxygens (including phenoxy) is 2. The number of nitrogens with zero attached hydrogens (tertiary/aromatic N) is 2. The molecule has 0 aromatic heterocycles. The van der Waals surface area contributed by atoms with Gasteiger partial charge in [-0.15, -0.1) is 0 Å². The van der Waals surface area contributed by atoms with Gasteiger partial charge in [-0.1, -0.05) is 12.1 Å². The van der Waals surface area contributed by atoms with E-state index < -0.39 is 0 Å². The van der Waals surface area contributed by atoms with E-state index in [9.17, 15) is 9.59 Å². The minimum atomic E-state index is -0.302. The molecule has 0 radical (unpaired) electrons. The number of amides is 2. The van der Waals surface area contributed by atoms with E-state index in [1.165, 1.54) is 4.90 Å². The number of anilines is 2. The Morgan fingerprint density at radius 1 is 1.04 bits per heavy atom. The molecule has 2 heterocycles. The van der Waals surface area contributed by atoms with E-state index in [0.29, 0.717) is 22.8 Å². The number of carbonyl (C=O) groups excluding carboxylic acids is 2. The standard InChI is InChI=1S/C20H18N2O4/c1-21(2)15-5-3-4-13(9-15)8-14-10-19(23)22(20(14)24)16-6-7-17-18(11-16)26-12-25-17/h3-9,11H,10,12H2,1-2H3/b14-8+. The Balaban J connectivity index is 1.64. The molecule has 2 aliphatic rings. The molecule has 1 fully saturated rings. The normalized spacial score (nSPS) is 17.3. The summed E-state index contributed by atoms with van der Waals surface area (Å²) in [4.78, 5) is 28.4. The molecule has 6 heteroatoms. The first-order chi connectivity index (χ1) is 12.5. The van der Waals surface area contributed by atoms with Crippen molar-refractivity contribution in [2.45, 2.75) is 6.42 Å². The van der Waals surface area contributed by atoms with Crippen LogP contribution >= 0.6 is 0 Å². The molecular weight excluding hydrogens is 332 g/mol. The molecule has 2 amide bonds. The lowest BCUT2D eigenvalue weighted by atomic mass is 10.1. The van der Waals surface area contributed by atoms with Crippen LogP contribution in [0.1, 0.15) is 12.0 Å². The number of rotatable bonds is 3. The zero-order valence-electron chi connectivity index (χ0n) is 14.6. The number of fused-ring (bicyclic) bond motifs is 1. The van der Waals surface area contributed by atoms with Crippen LogP contribution in [0.15, 0.2) is 48.0 Å². The Labute approximate surface area is 151 Å². The second-order valence-corrected chi connectivity index (χ2v) is 6.41. The molecule has 2 aliphatic heterocycles. The minimum Gasteiger partial charge on any atom is -0.454 e.